The van der Waals surface area contributed by atoms with E-state index in [0.29, 0.717) is 12.4 Å². The normalized spacial score (nSPS) is 22.0. The highest BCUT2D eigenvalue weighted by atomic mass is 35.5. The number of anilines is 1. The molecule has 1 atom stereocenters. The number of carbonyl (C=O) groups is 1. The number of carboxylic acids is 1. The van der Waals surface area contributed by atoms with Crippen molar-refractivity contribution in [1.82, 2.24) is 0 Å². The first kappa shape index (κ1) is 16.3. The minimum absolute atomic E-state index is 0.126. The molecule has 0 amide bonds. The van der Waals surface area contributed by atoms with Gasteiger partial charge in [0.2, 0.25) is 0 Å². The molecule has 4 nitrogen and oxygen atoms in total. The van der Waals surface area contributed by atoms with Crippen LogP contribution in [0.15, 0.2) is 36.4 Å². The minimum atomic E-state index is -0.932. The first-order valence-corrected chi connectivity index (χ1v) is 8.98. The Kier molecular flexibility index (Phi) is 4.08. The molecule has 5 heteroatoms. The van der Waals surface area contributed by atoms with Gasteiger partial charge in [-0.1, -0.05) is 24.1 Å². The van der Waals surface area contributed by atoms with E-state index in [1.54, 1.807) is 18.2 Å². The van der Waals surface area contributed by atoms with Crippen LogP contribution in [0.5, 0.6) is 5.75 Å². The maximum absolute atomic E-state index is 11.2. The van der Waals surface area contributed by atoms with E-state index >= 15 is 0 Å². The van der Waals surface area contributed by atoms with Crippen molar-refractivity contribution in [2.45, 2.75) is 31.1 Å². The third-order valence-corrected chi connectivity index (χ3v) is 5.57. The number of aromatic carboxylic acids is 1. The summed E-state index contributed by atoms with van der Waals surface area (Å²) in [5, 5.41) is 13.4. The van der Waals surface area contributed by atoms with Gasteiger partial charge in [-0.05, 0) is 60.7 Å². The summed E-state index contributed by atoms with van der Waals surface area (Å²) in [5.74, 6) is -0.223. The van der Waals surface area contributed by atoms with Gasteiger partial charge in [0, 0.05) is 17.0 Å². The third-order valence-electron chi connectivity index (χ3n) is 5.34. The van der Waals surface area contributed by atoms with Crippen LogP contribution in [0.1, 0.15) is 40.7 Å². The molecule has 0 aromatic heterocycles. The molecular formula is C20H20ClNO3. The highest BCUT2D eigenvalue weighted by Gasteiger charge is 2.38. The van der Waals surface area contributed by atoms with E-state index in [1.165, 1.54) is 11.1 Å². The molecule has 2 aromatic rings. The number of fused-ring (bicyclic) bond motifs is 3. The van der Waals surface area contributed by atoms with Crippen molar-refractivity contribution >= 4 is 23.3 Å². The topological polar surface area (TPSA) is 58.6 Å². The Morgan fingerprint density at radius 3 is 2.92 bits per heavy atom. The Hall–Kier alpha value is -2.20. The average Bonchev–Trinajstić information content (AvgIpc) is 2.89. The summed E-state index contributed by atoms with van der Waals surface area (Å²) in [6, 6.07) is 11.1. The number of benzene rings is 2. The molecular weight excluding hydrogens is 338 g/mol. The Bertz CT molecular complexity index is 836. The summed E-state index contributed by atoms with van der Waals surface area (Å²) >= 11 is 6.21. The minimum Gasteiger partial charge on any atom is -0.490 e. The van der Waals surface area contributed by atoms with Crippen LogP contribution in [-0.2, 0) is 11.8 Å². The zero-order valence-corrected chi connectivity index (χ0v) is 14.6. The van der Waals surface area contributed by atoms with Gasteiger partial charge in [0.15, 0.2) is 0 Å². The summed E-state index contributed by atoms with van der Waals surface area (Å²) in [4.78, 5) is 11.2. The second-order valence-corrected chi connectivity index (χ2v) is 7.38. The van der Waals surface area contributed by atoms with E-state index < -0.39 is 5.97 Å². The van der Waals surface area contributed by atoms with Gasteiger partial charge in [-0.25, -0.2) is 4.79 Å². The standard InChI is InChI=1S/C20H20ClNO3/c21-15-5-6-16-13(9-15)3-1-2-8-20(16)11-22-17-10-14(19(23)24)4-7-18(17)25-12-20/h4-7,9-10,22H,1-3,8,11-12H2,(H,23,24). The van der Waals surface area contributed by atoms with Crippen molar-refractivity contribution in [1.29, 1.82) is 0 Å². The van der Waals surface area contributed by atoms with Gasteiger partial charge < -0.3 is 15.2 Å². The third kappa shape index (κ3) is 2.95. The second kappa shape index (κ2) is 6.26. The van der Waals surface area contributed by atoms with Gasteiger partial charge in [0.05, 0.1) is 17.9 Å². The predicted octanol–water partition coefficient (Wildman–Crippen LogP) is 4.51. The summed E-state index contributed by atoms with van der Waals surface area (Å²) < 4.78 is 6.13. The molecule has 1 aliphatic heterocycles. The molecule has 0 saturated heterocycles. The van der Waals surface area contributed by atoms with Crippen molar-refractivity contribution in [3.63, 3.8) is 0 Å². The van der Waals surface area contributed by atoms with E-state index in [4.69, 9.17) is 16.3 Å². The van der Waals surface area contributed by atoms with Crippen LogP contribution in [0, 0.1) is 0 Å². The fraction of sp³-hybridized carbons (Fsp3) is 0.350. The second-order valence-electron chi connectivity index (χ2n) is 6.95. The van der Waals surface area contributed by atoms with Crippen LogP contribution < -0.4 is 10.1 Å². The Labute approximate surface area is 151 Å². The van der Waals surface area contributed by atoms with Crippen LogP contribution in [0.2, 0.25) is 5.02 Å². The number of nitrogens with one attached hydrogen (secondary N) is 1. The molecule has 130 valence electrons. The quantitative estimate of drug-likeness (QED) is 0.788. The maximum Gasteiger partial charge on any atom is 0.335 e. The fourth-order valence-electron chi connectivity index (χ4n) is 3.99. The molecule has 2 aliphatic rings. The SMILES string of the molecule is O=C(O)c1ccc2c(c1)NCC1(CCCCc3cc(Cl)ccc31)CO2. The zero-order valence-electron chi connectivity index (χ0n) is 13.8. The molecule has 0 fully saturated rings. The van der Waals surface area contributed by atoms with E-state index in [9.17, 15) is 9.90 Å². The largest absolute Gasteiger partial charge is 0.490 e. The van der Waals surface area contributed by atoms with Gasteiger partial charge in [-0.3, -0.25) is 0 Å². The molecule has 2 N–H and O–H groups in total. The van der Waals surface area contributed by atoms with Crippen LogP contribution in [0.25, 0.3) is 0 Å². The van der Waals surface area contributed by atoms with Crippen molar-refractivity contribution in [3.05, 3.63) is 58.1 Å². The van der Waals surface area contributed by atoms with Crippen molar-refractivity contribution < 1.29 is 14.6 Å². The summed E-state index contributed by atoms with van der Waals surface area (Å²) in [7, 11) is 0. The van der Waals surface area contributed by atoms with E-state index in [2.05, 4.69) is 17.4 Å². The molecule has 1 aliphatic carbocycles. The maximum atomic E-state index is 11.2. The molecule has 0 bridgehead atoms. The lowest BCUT2D eigenvalue weighted by Crippen LogP contribution is -2.39. The van der Waals surface area contributed by atoms with Crippen molar-refractivity contribution in [2.75, 3.05) is 18.5 Å². The molecule has 4 rings (SSSR count). The number of hydrogen-bond acceptors (Lipinski definition) is 3. The van der Waals surface area contributed by atoms with Crippen LogP contribution in [0.4, 0.5) is 5.69 Å². The molecule has 0 radical (unpaired) electrons. The zero-order chi connectivity index (χ0) is 17.4. The number of ether oxygens (including phenoxy) is 1. The van der Waals surface area contributed by atoms with E-state index in [-0.39, 0.29) is 11.0 Å². The lowest BCUT2D eigenvalue weighted by molar-refractivity contribution is 0.0697. The van der Waals surface area contributed by atoms with Crippen LogP contribution >= 0.6 is 11.6 Å². The molecule has 0 saturated carbocycles. The van der Waals surface area contributed by atoms with E-state index in [1.807, 2.05) is 6.07 Å². The van der Waals surface area contributed by atoms with Crippen molar-refractivity contribution in [3.8, 4) is 5.75 Å². The van der Waals surface area contributed by atoms with Crippen molar-refractivity contribution in [2.24, 2.45) is 0 Å². The number of hydrogen-bond donors (Lipinski definition) is 2. The highest BCUT2D eigenvalue weighted by Crippen LogP contribution is 2.41. The monoisotopic (exact) mass is 357 g/mol. The Morgan fingerprint density at radius 1 is 1.20 bits per heavy atom. The predicted molar refractivity (Wildman–Crippen MR) is 98.1 cm³/mol. The number of aryl methyl sites for hydroxylation is 1. The van der Waals surface area contributed by atoms with Gasteiger partial charge in [-0.15, -0.1) is 0 Å². The first-order chi connectivity index (χ1) is 12.1. The van der Waals surface area contributed by atoms with Gasteiger partial charge in [-0.2, -0.15) is 0 Å². The van der Waals surface area contributed by atoms with Crippen LogP contribution in [0.3, 0.4) is 0 Å². The lowest BCUT2D eigenvalue weighted by atomic mass is 9.76. The average molecular weight is 358 g/mol. The molecule has 1 heterocycles. The van der Waals surface area contributed by atoms with Gasteiger partial charge in [0.1, 0.15) is 5.75 Å². The Balaban J connectivity index is 1.72. The first-order valence-electron chi connectivity index (χ1n) is 8.60. The van der Waals surface area contributed by atoms with Crippen LogP contribution in [-0.4, -0.2) is 24.2 Å². The van der Waals surface area contributed by atoms with Gasteiger partial charge in [0.25, 0.3) is 0 Å². The van der Waals surface area contributed by atoms with E-state index in [0.717, 1.165) is 42.9 Å². The Morgan fingerprint density at radius 2 is 2.08 bits per heavy atom. The fourth-order valence-corrected chi connectivity index (χ4v) is 4.19. The number of carboxylic acid groups (broad SMARTS) is 1. The summed E-state index contributed by atoms with van der Waals surface area (Å²) in [5.41, 5.74) is 3.48. The molecule has 1 unspecified atom stereocenters. The smallest absolute Gasteiger partial charge is 0.335 e. The molecule has 1 spiro atoms. The molecule has 25 heavy (non-hydrogen) atoms. The lowest BCUT2D eigenvalue weighted by Gasteiger charge is -2.33. The van der Waals surface area contributed by atoms with Gasteiger partial charge >= 0.3 is 5.97 Å². The number of rotatable bonds is 1. The summed E-state index contributed by atoms with van der Waals surface area (Å²) in [6.45, 7) is 1.30. The highest BCUT2D eigenvalue weighted by molar-refractivity contribution is 6.30. The summed E-state index contributed by atoms with van der Waals surface area (Å²) in [6.07, 6.45) is 4.35. The number of halogens is 1. The molecule has 2 aromatic carbocycles.